The van der Waals surface area contributed by atoms with E-state index in [1.54, 1.807) is 23.3 Å². The summed E-state index contributed by atoms with van der Waals surface area (Å²) in [4.78, 5) is 24.4. The van der Waals surface area contributed by atoms with Crippen molar-refractivity contribution in [3.05, 3.63) is 36.2 Å². The number of nitrogens with two attached hydrogens (primary N) is 1. The molecule has 0 bridgehead atoms. The minimum atomic E-state index is -0.245. The lowest BCUT2D eigenvalue weighted by atomic mass is 9.96. The second kappa shape index (κ2) is 5.61. The number of hydrogen-bond acceptors (Lipinski definition) is 5. The van der Waals surface area contributed by atoms with Crippen molar-refractivity contribution < 1.29 is 4.79 Å². The molecule has 110 valence electrons. The number of nitrogens with one attached hydrogen (secondary N) is 1. The standard InChI is InChI=1S/C14H18N6O/c1-9-6-10(7-12-11(13(15)21)2-3-17-12)19-14(18-9)20-5-4-16-8-20/h4-6,8,11-12,17H,2-3,7H2,1H3,(H2,15,21). The third kappa shape index (κ3) is 2.92. The van der Waals surface area contributed by atoms with Gasteiger partial charge in [-0.15, -0.1) is 0 Å². The van der Waals surface area contributed by atoms with Crippen LogP contribution in [0.25, 0.3) is 5.95 Å². The first-order chi connectivity index (χ1) is 10.1. The molecule has 0 saturated carbocycles. The Labute approximate surface area is 122 Å². The lowest BCUT2D eigenvalue weighted by Gasteiger charge is -2.16. The maximum Gasteiger partial charge on any atom is 0.235 e. The van der Waals surface area contributed by atoms with E-state index in [1.165, 1.54) is 0 Å². The van der Waals surface area contributed by atoms with Gasteiger partial charge in [-0.2, -0.15) is 0 Å². The molecule has 7 heteroatoms. The molecule has 1 amide bonds. The molecule has 0 spiro atoms. The van der Waals surface area contributed by atoms with Crippen molar-refractivity contribution in [3.8, 4) is 5.95 Å². The molecule has 7 nitrogen and oxygen atoms in total. The first-order valence-corrected chi connectivity index (χ1v) is 6.99. The highest BCUT2D eigenvalue weighted by atomic mass is 16.1. The van der Waals surface area contributed by atoms with Gasteiger partial charge in [0.15, 0.2) is 0 Å². The van der Waals surface area contributed by atoms with Crippen molar-refractivity contribution in [2.45, 2.75) is 25.8 Å². The van der Waals surface area contributed by atoms with Gasteiger partial charge in [-0.05, 0) is 26.0 Å². The summed E-state index contributed by atoms with van der Waals surface area (Å²) >= 11 is 0. The first-order valence-electron chi connectivity index (χ1n) is 6.99. The Morgan fingerprint density at radius 1 is 1.52 bits per heavy atom. The molecule has 1 fully saturated rings. The van der Waals surface area contributed by atoms with Crippen molar-refractivity contribution in [3.63, 3.8) is 0 Å². The van der Waals surface area contributed by atoms with Gasteiger partial charge in [-0.25, -0.2) is 15.0 Å². The van der Waals surface area contributed by atoms with Gasteiger partial charge in [0.05, 0.1) is 5.92 Å². The van der Waals surface area contributed by atoms with Gasteiger partial charge in [-0.3, -0.25) is 9.36 Å². The van der Waals surface area contributed by atoms with Gasteiger partial charge in [0.1, 0.15) is 6.33 Å². The van der Waals surface area contributed by atoms with Crippen LogP contribution in [-0.2, 0) is 11.2 Å². The van der Waals surface area contributed by atoms with Crippen molar-refractivity contribution in [2.24, 2.45) is 11.7 Å². The number of carbonyl (C=O) groups is 1. The third-order valence-corrected chi connectivity index (χ3v) is 3.77. The number of imidazole rings is 1. The molecule has 0 radical (unpaired) electrons. The summed E-state index contributed by atoms with van der Waals surface area (Å²) in [7, 11) is 0. The summed E-state index contributed by atoms with van der Waals surface area (Å²) < 4.78 is 1.77. The fourth-order valence-corrected chi connectivity index (χ4v) is 2.76. The van der Waals surface area contributed by atoms with E-state index in [-0.39, 0.29) is 17.9 Å². The van der Waals surface area contributed by atoms with Gasteiger partial charge < -0.3 is 11.1 Å². The summed E-state index contributed by atoms with van der Waals surface area (Å²) in [6, 6.07) is 1.99. The molecule has 2 aromatic heterocycles. The summed E-state index contributed by atoms with van der Waals surface area (Å²) in [5.74, 6) is 0.221. The molecule has 2 aromatic rings. The van der Waals surface area contributed by atoms with Gasteiger partial charge in [0, 0.05) is 36.2 Å². The zero-order valence-electron chi connectivity index (χ0n) is 11.9. The molecule has 3 rings (SSSR count). The molecule has 0 aromatic carbocycles. The van der Waals surface area contributed by atoms with Crippen LogP contribution in [0.15, 0.2) is 24.8 Å². The number of rotatable bonds is 4. The molecule has 1 aliphatic heterocycles. The molecule has 0 aliphatic carbocycles. The molecule has 2 atom stereocenters. The van der Waals surface area contributed by atoms with E-state index >= 15 is 0 Å². The van der Waals surface area contributed by atoms with E-state index in [0.717, 1.165) is 24.4 Å². The topological polar surface area (TPSA) is 98.7 Å². The van der Waals surface area contributed by atoms with Crippen molar-refractivity contribution in [1.29, 1.82) is 0 Å². The largest absolute Gasteiger partial charge is 0.369 e. The van der Waals surface area contributed by atoms with Gasteiger partial charge >= 0.3 is 0 Å². The molecule has 3 N–H and O–H groups in total. The van der Waals surface area contributed by atoms with E-state index in [2.05, 4.69) is 20.3 Å². The van der Waals surface area contributed by atoms with Crippen LogP contribution in [0.5, 0.6) is 0 Å². The molecule has 21 heavy (non-hydrogen) atoms. The minimum absolute atomic E-state index is 0.0486. The van der Waals surface area contributed by atoms with Crippen LogP contribution >= 0.6 is 0 Å². The quantitative estimate of drug-likeness (QED) is 0.823. The zero-order chi connectivity index (χ0) is 14.8. The number of carbonyl (C=O) groups excluding carboxylic acids is 1. The minimum Gasteiger partial charge on any atom is -0.369 e. The van der Waals surface area contributed by atoms with Crippen molar-refractivity contribution in [1.82, 2.24) is 24.8 Å². The highest BCUT2D eigenvalue weighted by molar-refractivity contribution is 5.77. The molecule has 1 saturated heterocycles. The SMILES string of the molecule is Cc1cc(CC2NCCC2C(N)=O)nc(-n2ccnc2)n1. The van der Waals surface area contributed by atoms with Crippen LogP contribution < -0.4 is 11.1 Å². The Bertz CT molecular complexity index is 639. The lowest BCUT2D eigenvalue weighted by Crippen LogP contribution is -2.37. The van der Waals surface area contributed by atoms with Gasteiger partial charge in [-0.1, -0.05) is 0 Å². The number of aryl methyl sites for hydroxylation is 1. The van der Waals surface area contributed by atoms with Crippen LogP contribution in [0.3, 0.4) is 0 Å². The normalized spacial score (nSPS) is 21.6. The van der Waals surface area contributed by atoms with Crippen molar-refractivity contribution in [2.75, 3.05) is 6.54 Å². The predicted molar refractivity (Wildman–Crippen MR) is 76.7 cm³/mol. The Kier molecular flexibility index (Phi) is 3.66. The summed E-state index contributed by atoms with van der Waals surface area (Å²) in [5, 5.41) is 3.33. The molecule has 3 heterocycles. The lowest BCUT2D eigenvalue weighted by molar-refractivity contribution is -0.122. The highest BCUT2D eigenvalue weighted by Crippen LogP contribution is 2.19. The fourth-order valence-electron chi connectivity index (χ4n) is 2.76. The Morgan fingerprint density at radius 2 is 2.38 bits per heavy atom. The monoisotopic (exact) mass is 286 g/mol. The van der Waals surface area contributed by atoms with E-state index < -0.39 is 0 Å². The summed E-state index contributed by atoms with van der Waals surface area (Å²) in [5.41, 5.74) is 7.24. The first kappa shape index (κ1) is 13.7. The maximum absolute atomic E-state index is 11.5. The van der Waals surface area contributed by atoms with E-state index in [0.29, 0.717) is 12.4 Å². The molecular formula is C14H18N6O. The number of hydrogen-bond donors (Lipinski definition) is 2. The van der Waals surface area contributed by atoms with Crippen LogP contribution in [0.1, 0.15) is 17.8 Å². The smallest absolute Gasteiger partial charge is 0.235 e. The second-order valence-corrected chi connectivity index (χ2v) is 5.33. The van der Waals surface area contributed by atoms with E-state index in [1.807, 2.05) is 13.0 Å². The number of primary amides is 1. The Morgan fingerprint density at radius 3 is 3.10 bits per heavy atom. The fraction of sp³-hybridized carbons (Fsp3) is 0.429. The highest BCUT2D eigenvalue weighted by Gasteiger charge is 2.31. The van der Waals surface area contributed by atoms with Crippen LogP contribution in [0.4, 0.5) is 0 Å². The third-order valence-electron chi connectivity index (χ3n) is 3.77. The summed E-state index contributed by atoms with van der Waals surface area (Å²) in [6.45, 7) is 2.75. The zero-order valence-corrected chi connectivity index (χ0v) is 11.9. The molecule has 2 unspecified atom stereocenters. The van der Waals surface area contributed by atoms with Crippen LogP contribution in [0, 0.1) is 12.8 Å². The van der Waals surface area contributed by atoms with Gasteiger partial charge in [0.2, 0.25) is 11.9 Å². The number of amides is 1. The number of nitrogens with zero attached hydrogens (tertiary/aromatic N) is 4. The number of aromatic nitrogens is 4. The predicted octanol–water partition coefficient (Wildman–Crippen LogP) is -0.0234. The average molecular weight is 286 g/mol. The van der Waals surface area contributed by atoms with E-state index in [9.17, 15) is 4.79 Å². The maximum atomic E-state index is 11.5. The average Bonchev–Trinajstić information content (AvgIpc) is 3.08. The Hall–Kier alpha value is -2.28. The van der Waals surface area contributed by atoms with Crippen LogP contribution in [0.2, 0.25) is 0 Å². The summed E-state index contributed by atoms with van der Waals surface area (Å²) in [6.07, 6.45) is 6.61. The van der Waals surface area contributed by atoms with Crippen molar-refractivity contribution >= 4 is 5.91 Å². The van der Waals surface area contributed by atoms with E-state index in [4.69, 9.17) is 5.73 Å². The second-order valence-electron chi connectivity index (χ2n) is 5.33. The molecule has 1 aliphatic rings. The van der Waals surface area contributed by atoms with Gasteiger partial charge in [0.25, 0.3) is 0 Å². The molecular weight excluding hydrogens is 268 g/mol. The van der Waals surface area contributed by atoms with Crippen LogP contribution in [-0.4, -0.2) is 38.0 Å². The Balaban J connectivity index is 1.84.